The van der Waals surface area contributed by atoms with Crippen LogP contribution in [-0.2, 0) is 51.3 Å². The summed E-state index contributed by atoms with van der Waals surface area (Å²) in [6.07, 6.45) is -7.96. The van der Waals surface area contributed by atoms with Crippen LogP contribution in [0.5, 0.6) is 0 Å². The lowest BCUT2D eigenvalue weighted by Gasteiger charge is -2.41. The number of benzene rings is 4. The Kier molecular flexibility index (Phi) is 20.9. The van der Waals surface area contributed by atoms with E-state index in [0.29, 0.717) is 9.92 Å². The minimum atomic E-state index is -4.77. The van der Waals surface area contributed by atoms with Gasteiger partial charge in [-0.25, -0.2) is 14.2 Å². The highest BCUT2D eigenvalue weighted by Crippen LogP contribution is 2.66. The lowest BCUT2D eigenvalue weighted by Crippen LogP contribution is -2.50. The Bertz CT molecular complexity index is 3410. The van der Waals surface area contributed by atoms with Crippen LogP contribution in [0, 0.1) is 11.3 Å². The molecular weight excluding hydrogens is 1190 g/mol. The van der Waals surface area contributed by atoms with Crippen molar-refractivity contribution in [2.75, 3.05) is 19.8 Å². The highest BCUT2D eigenvalue weighted by atomic mass is 35.5. The lowest BCUT2D eigenvalue weighted by molar-refractivity contribution is -0.0945. The lowest BCUT2D eigenvalue weighted by atomic mass is 9.80. The fourth-order valence-corrected chi connectivity index (χ4v) is 16.2. The van der Waals surface area contributed by atoms with E-state index in [2.05, 4.69) is 9.97 Å². The van der Waals surface area contributed by atoms with E-state index in [9.17, 15) is 29.3 Å². The molecule has 0 spiro atoms. The van der Waals surface area contributed by atoms with Crippen LogP contribution >= 0.6 is 38.4 Å². The third-order valence-corrected chi connectivity index (χ3v) is 29.2. The largest absolute Gasteiger partial charge is 0.407 e. The predicted molar refractivity (Wildman–Crippen MR) is 326 cm³/mol. The number of nitrogens with one attached hydrogen (secondary N) is 2. The van der Waals surface area contributed by atoms with Crippen molar-refractivity contribution in [2.45, 2.75) is 144 Å². The van der Waals surface area contributed by atoms with Crippen molar-refractivity contribution >= 4 is 55.0 Å². The van der Waals surface area contributed by atoms with Gasteiger partial charge in [0.15, 0.2) is 29.1 Å². The van der Waals surface area contributed by atoms with Crippen molar-refractivity contribution in [3.8, 4) is 6.07 Å². The van der Waals surface area contributed by atoms with Gasteiger partial charge in [0.05, 0.1) is 32.3 Å². The van der Waals surface area contributed by atoms with Gasteiger partial charge in [-0.05, 0) is 88.6 Å². The van der Waals surface area contributed by atoms with E-state index in [0.717, 1.165) is 38.7 Å². The molecule has 2 aliphatic rings. The molecule has 20 nitrogen and oxygen atoms in total. The van der Waals surface area contributed by atoms with Gasteiger partial charge in [-0.15, -0.1) is 0 Å². The molecule has 0 aliphatic carbocycles. The normalized spacial score (nSPS) is 22.6. The summed E-state index contributed by atoms with van der Waals surface area (Å²) in [4.78, 5) is 69.3. The van der Waals surface area contributed by atoms with E-state index in [1.54, 1.807) is 24.3 Å². The molecule has 2 aliphatic heterocycles. The number of halogens is 1. The minimum Gasteiger partial charge on any atom is -0.407 e. The van der Waals surface area contributed by atoms with Crippen LogP contribution in [0.1, 0.15) is 77.1 Å². The van der Waals surface area contributed by atoms with E-state index in [1.165, 1.54) is 23.0 Å². The van der Waals surface area contributed by atoms with Gasteiger partial charge in [0.2, 0.25) is 0 Å². The second-order valence-electron chi connectivity index (χ2n) is 23.3. The molecule has 3 N–H and O–H groups in total. The number of hydrogen-bond acceptors (Lipinski definition) is 17. The van der Waals surface area contributed by atoms with Gasteiger partial charge in [-0.1, -0.05) is 144 Å². The maximum absolute atomic E-state index is 16.6. The fourth-order valence-electron chi connectivity index (χ4n) is 9.22. The van der Waals surface area contributed by atoms with E-state index in [4.69, 9.17) is 52.8 Å². The number of nitriles is 1. The quantitative estimate of drug-likeness (QED) is 0.0220. The first kappa shape index (κ1) is 65.0. The molecule has 2 unspecified atom stereocenters. The van der Waals surface area contributed by atoms with Crippen molar-refractivity contribution in [1.29, 1.82) is 5.26 Å². The van der Waals surface area contributed by atoms with Crippen LogP contribution < -0.4 is 22.5 Å². The third kappa shape index (κ3) is 15.1. The van der Waals surface area contributed by atoms with Gasteiger partial charge < -0.3 is 37.0 Å². The first-order chi connectivity index (χ1) is 39.6. The molecule has 0 saturated carbocycles. The second-order valence-corrected chi connectivity index (χ2v) is 38.1. The molecule has 0 radical (unpaired) electrons. The molecule has 0 amide bonds. The van der Waals surface area contributed by atoms with Crippen molar-refractivity contribution in [1.82, 2.24) is 19.1 Å². The topological polar surface area (TPSA) is 254 Å². The van der Waals surface area contributed by atoms with Crippen molar-refractivity contribution in [2.24, 2.45) is 0 Å². The average Bonchev–Trinajstić information content (AvgIpc) is 2.71. The van der Waals surface area contributed by atoms with Crippen LogP contribution in [0.15, 0.2) is 164 Å². The SMILES string of the molecule is CC(C)(C)[Si](C)(C)O[C@@H]1[C@H](OP(O)OCCC#N)[C@@H](COP(=O)(O[C@H]2[C@@H](O[Si](C)(C)C(C)(C)C)[C@H](n3ccc(=O)[nH]c3=O)O[C@@H]2COC(c2ccccc2)(c2ccccc2)c2ccccc2)Sc2ccc(Cl)cc2)O[C@H]1n1ccc(=O)[nH]c1=O. The summed E-state index contributed by atoms with van der Waals surface area (Å²) >= 11 is 7.15. The average molecular weight is 1260 g/mol. The molecule has 84 heavy (non-hydrogen) atoms. The number of H-pyrrole nitrogens is 2. The highest BCUT2D eigenvalue weighted by molar-refractivity contribution is 8.55. The molecule has 10 atom stereocenters. The van der Waals surface area contributed by atoms with Crippen molar-refractivity contribution in [3.05, 3.63) is 203 Å². The summed E-state index contributed by atoms with van der Waals surface area (Å²) in [5.41, 5.74) is -1.99. The zero-order chi connectivity index (χ0) is 60.8. The van der Waals surface area contributed by atoms with E-state index in [1.807, 2.05) is 165 Å². The number of hydrogen-bond donors (Lipinski definition) is 3. The molecule has 2 aromatic heterocycles. The summed E-state index contributed by atoms with van der Waals surface area (Å²) in [6, 6.07) is 39.7. The standard InChI is InChI=1S/C58H72ClN5O15P2SSi2/c1-56(2,3)83(7,8)78-50-48(76-80(69)72-36-20-33-60)45(75-52(50)63-34-31-46(65)61-54(63)67)38-73-81(70,82-43-29-27-42(59)28-30-43)77-49-44(74-53(64-35-32-47(66)62-55(64)68)51(49)79-84(9,10)57(4,5)6)37-71-58(39-21-14-11-15-22-39,40-23-16-12-17-24-40)41-25-18-13-19-26-41/h11-19,21-32,34-35,44-45,48-53,69H,20,36-38H2,1-10H3,(H,61,65,67)(H,62,66,68)/t44-,45-,48-,49-,50-,51-,52-,53-,80?,81?/m1/s1. The Morgan fingerprint density at radius 3 is 1.54 bits per heavy atom. The summed E-state index contributed by atoms with van der Waals surface area (Å²) in [5, 5.41) is 8.81. The van der Waals surface area contributed by atoms with Crippen LogP contribution in [-0.4, -0.2) is 97.1 Å². The van der Waals surface area contributed by atoms with Crippen LogP contribution in [0.25, 0.3) is 0 Å². The Morgan fingerprint density at radius 2 is 1.11 bits per heavy atom. The molecular formula is C58H72ClN5O15P2SSi2. The third-order valence-electron chi connectivity index (χ3n) is 15.6. The Morgan fingerprint density at radius 1 is 0.667 bits per heavy atom. The van der Waals surface area contributed by atoms with Gasteiger partial charge in [-0.2, -0.15) is 5.26 Å². The van der Waals surface area contributed by atoms with Crippen LogP contribution in [0.3, 0.4) is 0 Å². The van der Waals surface area contributed by atoms with Gasteiger partial charge in [0, 0.05) is 34.4 Å². The zero-order valence-electron chi connectivity index (χ0n) is 48.4. The Hall–Kier alpha value is -4.94. The van der Waals surface area contributed by atoms with Gasteiger partial charge in [-0.3, -0.25) is 37.7 Å². The molecule has 0 bridgehead atoms. The zero-order valence-corrected chi connectivity index (χ0v) is 53.8. The molecule has 4 aromatic carbocycles. The van der Waals surface area contributed by atoms with E-state index >= 15 is 4.57 Å². The summed E-state index contributed by atoms with van der Waals surface area (Å²) in [7, 11) is -8.60. The Balaban J connectivity index is 1.28. The Labute approximate surface area is 500 Å². The molecule has 26 heteroatoms. The molecule has 450 valence electrons. The van der Waals surface area contributed by atoms with Crippen LogP contribution in [0.4, 0.5) is 0 Å². The summed E-state index contributed by atoms with van der Waals surface area (Å²) < 4.78 is 80.0. The molecule has 8 rings (SSSR count). The molecule has 4 heterocycles. The predicted octanol–water partition coefficient (Wildman–Crippen LogP) is 11.2. The number of nitrogens with zero attached hydrogens (tertiary/aromatic N) is 3. The van der Waals surface area contributed by atoms with Gasteiger partial charge in [0.25, 0.3) is 11.1 Å². The fraction of sp³-hybridized carbons (Fsp3) is 0.431. The maximum Gasteiger partial charge on any atom is 0.394 e. The highest BCUT2D eigenvalue weighted by Gasteiger charge is 2.57. The summed E-state index contributed by atoms with van der Waals surface area (Å²) in [6.45, 7) is 14.2. The second kappa shape index (κ2) is 27.0. The maximum atomic E-state index is 16.6. The number of rotatable bonds is 24. The molecule has 6 aromatic rings. The number of ether oxygens (including phenoxy) is 3. The smallest absolute Gasteiger partial charge is 0.394 e. The van der Waals surface area contributed by atoms with Crippen LogP contribution in [0.2, 0.25) is 41.3 Å². The summed E-state index contributed by atoms with van der Waals surface area (Å²) in [5.74, 6) is 0. The number of aromatic amines is 2. The number of aromatic nitrogens is 4. The van der Waals surface area contributed by atoms with Crippen molar-refractivity contribution < 1.29 is 50.6 Å². The van der Waals surface area contributed by atoms with E-state index in [-0.39, 0.29) is 19.6 Å². The van der Waals surface area contributed by atoms with Crippen molar-refractivity contribution in [3.63, 3.8) is 0 Å². The first-order valence-electron chi connectivity index (χ1n) is 27.3. The minimum absolute atomic E-state index is 0.0707. The van der Waals surface area contributed by atoms with E-state index < -0.39 is 126 Å². The van der Waals surface area contributed by atoms with Gasteiger partial charge in [0.1, 0.15) is 42.2 Å². The first-order valence-corrected chi connectivity index (χ1v) is 37.6. The monoisotopic (exact) mass is 1260 g/mol. The van der Waals surface area contributed by atoms with Gasteiger partial charge >= 0.3 is 26.8 Å². The molecule has 2 fully saturated rings. The molecule has 2 saturated heterocycles.